The Morgan fingerprint density at radius 2 is 1.70 bits per heavy atom. The highest BCUT2D eigenvalue weighted by Gasteiger charge is 2.39. The van der Waals surface area contributed by atoms with Crippen LogP contribution in [0, 0.1) is 11.7 Å². The Labute approximate surface area is 231 Å². The Balaban J connectivity index is 1.28. The second-order valence-corrected chi connectivity index (χ2v) is 12.3. The van der Waals surface area contributed by atoms with Gasteiger partial charge in [-0.1, -0.05) is 6.07 Å². The van der Waals surface area contributed by atoms with Gasteiger partial charge in [-0.2, -0.15) is 17.5 Å². The Morgan fingerprint density at radius 1 is 0.950 bits per heavy atom. The summed E-state index contributed by atoms with van der Waals surface area (Å²) in [5.41, 5.74) is -0.555. The number of carbonyl (C=O) groups is 1. The maximum Gasteiger partial charge on any atom is 0.418 e. The first kappa shape index (κ1) is 28.6. The van der Waals surface area contributed by atoms with E-state index in [1.54, 1.807) is 19.1 Å². The van der Waals surface area contributed by atoms with Gasteiger partial charge in [0, 0.05) is 63.2 Å². The molecule has 2 atom stereocenters. The maximum absolute atomic E-state index is 13.6. The van der Waals surface area contributed by atoms with Crippen molar-refractivity contribution in [2.45, 2.75) is 30.5 Å². The molecule has 2 aromatic carbocycles. The number of sulfonamides is 1. The van der Waals surface area contributed by atoms with Crippen molar-refractivity contribution in [1.29, 1.82) is 0 Å². The zero-order valence-electron chi connectivity index (χ0n) is 22.1. The van der Waals surface area contributed by atoms with E-state index in [0.717, 1.165) is 12.1 Å². The normalized spacial score (nSPS) is 23.1. The highest BCUT2D eigenvalue weighted by Crippen LogP contribution is 2.38. The standard InChI is InChI=1S/C27H32F4N4O4S/c1-19-17-34(25-6-5-21(28)15-24(25)27(29,30)31)9-10-35(19)40(37,38)23-4-2-3-22(16-23)33-8-7-20(18-33)26(36)32-11-13-39-14-12-32/h2-6,15-16,19-20H,7-14,17-18H2,1H3/t19-,20?/m1/s1. The Kier molecular flexibility index (Phi) is 7.99. The fourth-order valence-electron chi connectivity index (χ4n) is 5.74. The van der Waals surface area contributed by atoms with Gasteiger partial charge < -0.3 is 19.4 Å². The number of anilines is 2. The molecule has 0 N–H and O–H groups in total. The lowest BCUT2D eigenvalue weighted by Crippen LogP contribution is -2.54. The van der Waals surface area contributed by atoms with Gasteiger partial charge in [-0.05, 0) is 49.7 Å². The van der Waals surface area contributed by atoms with Crippen molar-refractivity contribution in [3.8, 4) is 0 Å². The second-order valence-electron chi connectivity index (χ2n) is 10.4. The summed E-state index contributed by atoms with van der Waals surface area (Å²) >= 11 is 0. The molecule has 3 saturated heterocycles. The largest absolute Gasteiger partial charge is 0.418 e. The van der Waals surface area contributed by atoms with Crippen LogP contribution < -0.4 is 9.80 Å². The number of piperazine rings is 1. The van der Waals surface area contributed by atoms with Gasteiger partial charge in [0.25, 0.3) is 0 Å². The smallest absolute Gasteiger partial charge is 0.378 e. The van der Waals surface area contributed by atoms with Crippen LogP contribution in [0.15, 0.2) is 47.4 Å². The van der Waals surface area contributed by atoms with Gasteiger partial charge >= 0.3 is 6.18 Å². The average molecular weight is 585 g/mol. The fraction of sp³-hybridized carbons (Fsp3) is 0.519. The molecule has 0 aliphatic carbocycles. The summed E-state index contributed by atoms with van der Waals surface area (Å²) in [6, 6.07) is 8.47. The molecule has 0 aromatic heterocycles. The van der Waals surface area contributed by atoms with Gasteiger partial charge in [0.05, 0.1) is 29.6 Å². The predicted octanol–water partition coefficient (Wildman–Crippen LogP) is 3.43. The van der Waals surface area contributed by atoms with Gasteiger partial charge in [0.15, 0.2) is 0 Å². The van der Waals surface area contributed by atoms with Gasteiger partial charge in [0.1, 0.15) is 5.82 Å². The van der Waals surface area contributed by atoms with Gasteiger partial charge in [0.2, 0.25) is 15.9 Å². The van der Waals surface area contributed by atoms with E-state index in [2.05, 4.69) is 0 Å². The highest BCUT2D eigenvalue weighted by atomic mass is 32.2. The number of rotatable bonds is 5. The molecule has 40 heavy (non-hydrogen) atoms. The molecule has 0 bridgehead atoms. The van der Waals surface area contributed by atoms with E-state index in [0.29, 0.717) is 57.6 Å². The second kappa shape index (κ2) is 11.2. The first-order valence-electron chi connectivity index (χ1n) is 13.3. The van der Waals surface area contributed by atoms with E-state index in [-0.39, 0.29) is 42.0 Å². The summed E-state index contributed by atoms with van der Waals surface area (Å²) < 4.78 is 88.2. The molecule has 13 heteroatoms. The minimum Gasteiger partial charge on any atom is -0.378 e. The van der Waals surface area contributed by atoms with E-state index in [9.17, 15) is 30.8 Å². The molecule has 2 aromatic rings. The lowest BCUT2D eigenvalue weighted by Gasteiger charge is -2.40. The van der Waals surface area contributed by atoms with Crippen LogP contribution in [0.5, 0.6) is 0 Å². The summed E-state index contributed by atoms with van der Waals surface area (Å²) in [7, 11) is -3.95. The van der Waals surface area contributed by atoms with Crippen LogP contribution in [0.4, 0.5) is 28.9 Å². The maximum atomic E-state index is 13.6. The molecule has 8 nitrogen and oxygen atoms in total. The van der Waals surface area contributed by atoms with E-state index in [1.807, 2.05) is 15.9 Å². The van der Waals surface area contributed by atoms with E-state index < -0.39 is 33.6 Å². The van der Waals surface area contributed by atoms with Crippen molar-refractivity contribution in [1.82, 2.24) is 9.21 Å². The Bertz CT molecular complexity index is 1350. The van der Waals surface area contributed by atoms with Crippen molar-refractivity contribution in [3.05, 3.63) is 53.8 Å². The minimum atomic E-state index is -4.74. The molecule has 1 amide bonds. The molecule has 3 fully saturated rings. The van der Waals surface area contributed by atoms with Gasteiger partial charge in [-0.15, -0.1) is 0 Å². The Morgan fingerprint density at radius 3 is 2.40 bits per heavy atom. The zero-order valence-corrected chi connectivity index (χ0v) is 22.9. The molecule has 0 saturated carbocycles. The number of nitrogens with zero attached hydrogens (tertiary/aromatic N) is 4. The molecule has 218 valence electrons. The molecule has 3 heterocycles. The number of morpholine rings is 1. The molecular formula is C27H32F4N4O4S. The highest BCUT2D eigenvalue weighted by molar-refractivity contribution is 7.89. The monoisotopic (exact) mass is 584 g/mol. The first-order valence-corrected chi connectivity index (χ1v) is 14.7. The predicted molar refractivity (Wildman–Crippen MR) is 141 cm³/mol. The van der Waals surface area contributed by atoms with Crippen LogP contribution in [0.3, 0.4) is 0 Å². The third-order valence-corrected chi connectivity index (χ3v) is 9.83. The van der Waals surface area contributed by atoms with E-state index >= 15 is 0 Å². The Hall–Kier alpha value is -2.90. The molecule has 1 unspecified atom stereocenters. The number of halogens is 4. The number of ether oxygens (including phenoxy) is 1. The van der Waals surface area contributed by atoms with Crippen LogP contribution in [0.25, 0.3) is 0 Å². The summed E-state index contributed by atoms with van der Waals surface area (Å²) in [5.74, 6) is -1.06. The van der Waals surface area contributed by atoms with Gasteiger partial charge in [-0.25, -0.2) is 12.8 Å². The molecule has 5 rings (SSSR count). The third-order valence-electron chi connectivity index (χ3n) is 7.82. The van der Waals surface area contributed by atoms with Crippen LogP contribution >= 0.6 is 0 Å². The van der Waals surface area contributed by atoms with Crippen molar-refractivity contribution in [3.63, 3.8) is 0 Å². The van der Waals surface area contributed by atoms with Crippen LogP contribution in [0.1, 0.15) is 18.9 Å². The summed E-state index contributed by atoms with van der Waals surface area (Å²) in [5, 5.41) is 0. The molecule has 3 aliphatic heterocycles. The summed E-state index contributed by atoms with van der Waals surface area (Å²) in [6.07, 6.45) is -4.07. The molecule has 0 spiro atoms. The quantitative estimate of drug-likeness (QED) is 0.502. The van der Waals surface area contributed by atoms with Crippen molar-refractivity contribution in [2.24, 2.45) is 5.92 Å². The number of alkyl halides is 3. The van der Waals surface area contributed by atoms with Crippen LogP contribution in [0.2, 0.25) is 0 Å². The third kappa shape index (κ3) is 5.77. The molecule has 0 radical (unpaired) electrons. The number of benzene rings is 2. The topological polar surface area (TPSA) is 73.4 Å². The summed E-state index contributed by atoms with van der Waals surface area (Å²) in [6.45, 7) is 4.99. The van der Waals surface area contributed by atoms with Crippen molar-refractivity contribution < 1.29 is 35.5 Å². The lowest BCUT2D eigenvalue weighted by molar-refractivity contribution is -0.139. The summed E-state index contributed by atoms with van der Waals surface area (Å²) in [4.78, 5) is 18.3. The number of amides is 1. The number of hydrogen-bond acceptors (Lipinski definition) is 6. The van der Waals surface area contributed by atoms with Crippen LogP contribution in [-0.4, -0.2) is 88.6 Å². The molecule has 3 aliphatic rings. The average Bonchev–Trinajstić information content (AvgIpc) is 3.43. The molecular weight excluding hydrogens is 552 g/mol. The first-order chi connectivity index (χ1) is 18.9. The minimum absolute atomic E-state index is 0.0189. The zero-order chi connectivity index (χ0) is 28.7. The number of carbonyl (C=O) groups excluding carboxylic acids is 1. The fourth-order valence-corrected chi connectivity index (χ4v) is 7.40. The number of hydrogen-bond donors (Lipinski definition) is 0. The van der Waals surface area contributed by atoms with Crippen molar-refractivity contribution in [2.75, 3.05) is 68.8 Å². The van der Waals surface area contributed by atoms with Gasteiger partial charge in [-0.3, -0.25) is 4.79 Å². The lowest BCUT2D eigenvalue weighted by atomic mass is 10.1. The van der Waals surface area contributed by atoms with Crippen molar-refractivity contribution >= 4 is 27.3 Å². The van der Waals surface area contributed by atoms with E-state index in [4.69, 9.17) is 4.74 Å². The van der Waals surface area contributed by atoms with Crippen LogP contribution in [-0.2, 0) is 25.7 Å². The SMILES string of the molecule is C[C@@H]1CN(c2ccc(F)cc2C(F)(F)F)CCN1S(=O)(=O)c1cccc(N2CCC(C(=O)N3CCOCC3)C2)c1. The van der Waals surface area contributed by atoms with E-state index in [1.165, 1.54) is 15.3 Å².